The zero-order valence-corrected chi connectivity index (χ0v) is 20.5. The third-order valence-corrected chi connectivity index (χ3v) is 6.06. The summed E-state index contributed by atoms with van der Waals surface area (Å²) < 4.78 is 5.96. The number of aryl methyl sites for hydroxylation is 2. The number of ether oxygens (including phenoxy) is 1. The van der Waals surface area contributed by atoms with E-state index in [-0.39, 0.29) is 11.9 Å². The molecule has 1 unspecified atom stereocenters. The third-order valence-electron chi connectivity index (χ3n) is 5.32. The second-order valence-electron chi connectivity index (χ2n) is 8.74. The molecule has 3 aromatic carbocycles. The monoisotopic (exact) mass is 447 g/mol. The van der Waals surface area contributed by atoms with Crippen molar-refractivity contribution in [2.24, 2.45) is 5.92 Å². The van der Waals surface area contributed by atoms with Gasteiger partial charge in [0.2, 0.25) is 0 Å². The fourth-order valence-electron chi connectivity index (χ4n) is 3.82. The summed E-state index contributed by atoms with van der Waals surface area (Å²) in [5.41, 5.74) is 5.29. The molecular weight excluding hydrogens is 414 g/mol. The molecular formula is C28H33NO2S. The molecule has 3 nitrogen and oxygen atoms in total. The summed E-state index contributed by atoms with van der Waals surface area (Å²) in [4.78, 5) is 14.3. The first-order valence-corrected chi connectivity index (χ1v) is 12.3. The Hall–Kier alpha value is -2.72. The van der Waals surface area contributed by atoms with Gasteiger partial charge in [0.15, 0.2) is 0 Å². The normalized spacial score (nSPS) is 11.9. The molecule has 0 heterocycles. The lowest BCUT2D eigenvalue weighted by molar-refractivity contribution is 0.0931. The van der Waals surface area contributed by atoms with E-state index in [0.717, 1.165) is 17.5 Å². The summed E-state index contributed by atoms with van der Waals surface area (Å²) >= 11 is 1.72. The minimum Gasteiger partial charge on any atom is -0.489 e. The molecule has 168 valence electrons. The summed E-state index contributed by atoms with van der Waals surface area (Å²) in [6.45, 7) is 9.03. The van der Waals surface area contributed by atoms with Crippen molar-refractivity contribution in [2.45, 2.75) is 51.7 Å². The number of rotatable bonds is 9. The van der Waals surface area contributed by atoms with Gasteiger partial charge in [-0.3, -0.25) is 4.79 Å². The Balaban J connectivity index is 1.71. The zero-order chi connectivity index (χ0) is 23.1. The molecule has 0 aliphatic rings. The van der Waals surface area contributed by atoms with Gasteiger partial charge in [0, 0.05) is 10.5 Å². The molecule has 3 rings (SSSR count). The number of hydrogen-bond acceptors (Lipinski definition) is 3. The van der Waals surface area contributed by atoms with Crippen LogP contribution in [0.5, 0.6) is 5.75 Å². The van der Waals surface area contributed by atoms with Gasteiger partial charge in [0.05, 0.1) is 6.04 Å². The smallest absolute Gasteiger partial charge is 0.251 e. The fraction of sp³-hybridized carbons (Fsp3) is 0.321. The average Bonchev–Trinajstić information content (AvgIpc) is 2.77. The van der Waals surface area contributed by atoms with E-state index in [4.69, 9.17) is 4.74 Å². The van der Waals surface area contributed by atoms with Gasteiger partial charge in [0.1, 0.15) is 12.4 Å². The van der Waals surface area contributed by atoms with Gasteiger partial charge < -0.3 is 10.1 Å². The average molecular weight is 448 g/mol. The van der Waals surface area contributed by atoms with E-state index < -0.39 is 0 Å². The SMILES string of the molecule is CSc1ccc(COc2cccc(C(=O)NC(CC(C)C)c3cc(C)cc(C)c3)c2)cc1. The highest BCUT2D eigenvalue weighted by Gasteiger charge is 2.18. The first kappa shape index (κ1) is 23.9. The third kappa shape index (κ3) is 6.89. The second-order valence-corrected chi connectivity index (χ2v) is 9.62. The van der Waals surface area contributed by atoms with Crippen LogP contribution in [0.25, 0.3) is 0 Å². The highest BCUT2D eigenvalue weighted by molar-refractivity contribution is 7.98. The van der Waals surface area contributed by atoms with E-state index in [2.05, 4.69) is 81.7 Å². The molecule has 1 atom stereocenters. The van der Waals surface area contributed by atoms with Crippen LogP contribution in [-0.2, 0) is 6.61 Å². The van der Waals surface area contributed by atoms with Crippen LogP contribution in [0.2, 0.25) is 0 Å². The maximum atomic E-state index is 13.1. The number of benzene rings is 3. The number of carbonyl (C=O) groups excluding carboxylic acids is 1. The Labute approximate surface area is 196 Å². The summed E-state index contributed by atoms with van der Waals surface area (Å²) in [6.07, 6.45) is 2.95. The Bertz CT molecular complexity index is 1020. The minimum atomic E-state index is -0.0791. The van der Waals surface area contributed by atoms with Crippen LogP contribution in [0.4, 0.5) is 0 Å². The molecule has 0 radical (unpaired) electrons. The van der Waals surface area contributed by atoms with Crippen molar-refractivity contribution >= 4 is 17.7 Å². The lowest BCUT2D eigenvalue weighted by atomic mass is 9.94. The Morgan fingerprint density at radius 3 is 2.28 bits per heavy atom. The lowest BCUT2D eigenvalue weighted by Crippen LogP contribution is -2.29. The van der Waals surface area contributed by atoms with Crippen LogP contribution in [0.15, 0.2) is 71.6 Å². The molecule has 0 aromatic heterocycles. The molecule has 0 aliphatic heterocycles. The minimum absolute atomic E-state index is 0.0272. The standard InChI is InChI=1S/C28H33NO2S/c1-19(2)13-27(24-15-20(3)14-21(4)16-24)29-28(30)23-7-6-8-25(17-23)31-18-22-9-11-26(32-5)12-10-22/h6-12,14-17,19,27H,13,18H2,1-5H3,(H,29,30). The van der Waals surface area contributed by atoms with E-state index in [9.17, 15) is 4.79 Å². The highest BCUT2D eigenvalue weighted by atomic mass is 32.2. The molecule has 0 saturated carbocycles. The number of hydrogen-bond donors (Lipinski definition) is 1. The maximum Gasteiger partial charge on any atom is 0.251 e. The van der Waals surface area contributed by atoms with Crippen LogP contribution in [0.1, 0.15) is 58.9 Å². The predicted molar refractivity (Wildman–Crippen MR) is 135 cm³/mol. The number of thioether (sulfide) groups is 1. The van der Waals surface area contributed by atoms with Crippen molar-refractivity contribution in [1.82, 2.24) is 5.32 Å². The van der Waals surface area contributed by atoms with Crippen molar-refractivity contribution in [2.75, 3.05) is 6.26 Å². The highest BCUT2D eigenvalue weighted by Crippen LogP contribution is 2.25. The van der Waals surface area contributed by atoms with E-state index in [0.29, 0.717) is 23.8 Å². The molecule has 0 spiro atoms. The summed E-state index contributed by atoms with van der Waals surface area (Å²) in [7, 11) is 0. The largest absolute Gasteiger partial charge is 0.489 e. The summed E-state index contributed by atoms with van der Waals surface area (Å²) in [5, 5.41) is 3.25. The first-order chi connectivity index (χ1) is 15.3. The Morgan fingerprint density at radius 1 is 0.969 bits per heavy atom. The second kappa shape index (κ2) is 11.2. The van der Waals surface area contributed by atoms with Crippen LogP contribution >= 0.6 is 11.8 Å². The summed E-state index contributed by atoms with van der Waals surface area (Å²) in [6, 6.07) is 22.2. The topological polar surface area (TPSA) is 38.3 Å². The number of nitrogens with one attached hydrogen (secondary N) is 1. The maximum absolute atomic E-state index is 13.1. The van der Waals surface area contributed by atoms with Crippen LogP contribution in [0, 0.1) is 19.8 Å². The molecule has 4 heteroatoms. The quantitative estimate of drug-likeness (QED) is 0.355. The van der Waals surface area contributed by atoms with Crippen molar-refractivity contribution < 1.29 is 9.53 Å². The van der Waals surface area contributed by atoms with Gasteiger partial charge in [-0.05, 0) is 73.9 Å². The van der Waals surface area contributed by atoms with Gasteiger partial charge in [0.25, 0.3) is 5.91 Å². The van der Waals surface area contributed by atoms with E-state index in [1.54, 1.807) is 11.8 Å². The molecule has 32 heavy (non-hydrogen) atoms. The summed E-state index contributed by atoms with van der Waals surface area (Å²) in [5.74, 6) is 1.08. The van der Waals surface area contributed by atoms with Gasteiger partial charge in [-0.15, -0.1) is 11.8 Å². The molecule has 0 saturated heterocycles. The molecule has 0 aliphatic carbocycles. The molecule has 0 bridgehead atoms. The Morgan fingerprint density at radius 2 is 1.66 bits per heavy atom. The van der Waals surface area contributed by atoms with Crippen molar-refractivity contribution in [3.8, 4) is 5.75 Å². The van der Waals surface area contributed by atoms with Crippen molar-refractivity contribution in [3.05, 3.63) is 94.5 Å². The lowest BCUT2D eigenvalue weighted by Gasteiger charge is -2.22. The van der Waals surface area contributed by atoms with Crippen molar-refractivity contribution in [3.63, 3.8) is 0 Å². The van der Waals surface area contributed by atoms with Crippen LogP contribution in [-0.4, -0.2) is 12.2 Å². The van der Waals surface area contributed by atoms with E-state index in [1.807, 2.05) is 24.3 Å². The molecule has 1 amide bonds. The van der Waals surface area contributed by atoms with E-state index in [1.165, 1.54) is 16.0 Å². The molecule has 0 fully saturated rings. The van der Waals surface area contributed by atoms with Gasteiger partial charge >= 0.3 is 0 Å². The van der Waals surface area contributed by atoms with Gasteiger partial charge in [-0.2, -0.15) is 0 Å². The molecule has 3 aromatic rings. The zero-order valence-electron chi connectivity index (χ0n) is 19.6. The Kier molecular flexibility index (Phi) is 8.40. The number of amides is 1. The number of carbonyl (C=O) groups is 1. The van der Waals surface area contributed by atoms with Crippen molar-refractivity contribution in [1.29, 1.82) is 0 Å². The van der Waals surface area contributed by atoms with Gasteiger partial charge in [-0.25, -0.2) is 0 Å². The first-order valence-electron chi connectivity index (χ1n) is 11.1. The fourth-order valence-corrected chi connectivity index (χ4v) is 4.23. The van der Waals surface area contributed by atoms with Crippen LogP contribution in [0.3, 0.4) is 0 Å². The molecule has 1 N–H and O–H groups in total. The van der Waals surface area contributed by atoms with Gasteiger partial charge in [-0.1, -0.05) is 61.4 Å². The van der Waals surface area contributed by atoms with Crippen LogP contribution < -0.4 is 10.1 Å². The van der Waals surface area contributed by atoms with E-state index >= 15 is 0 Å². The predicted octanol–water partition coefficient (Wildman–Crippen LogP) is 7.12.